The van der Waals surface area contributed by atoms with Crippen molar-refractivity contribution in [3.8, 4) is 0 Å². The molecule has 1 aromatic rings. The van der Waals surface area contributed by atoms with Gasteiger partial charge < -0.3 is 4.57 Å². The fraction of sp³-hybridized carbons (Fsp3) is 0.529. The van der Waals surface area contributed by atoms with Crippen molar-refractivity contribution in [3.05, 3.63) is 35.7 Å². The number of allylic oxidation sites excluding steroid dienone is 1. The highest BCUT2D eigenvalue weighted by molar-refractivity contribution is 5.64. The number of fused-ring (bicyclic) bond motifs is 1. The van der Waals surface area contributed by atoms with Crippen LogP contribution in [0.25, 0.3) is 12.2 Å². The van der Waals surface area contributed by atoms with E-state index >= 15 is 0 Å². The molecule has 2 rings (SSSR count). The summed E-state index contributed by atoms with van der Waals surface area (Å²) in [6.07, 6.45) is 10.0. The van der Waals surface area contributed by atoms with E-state index in [0.717, 1.165) is 6.42 Å². The molecule has 1 aromatic heterocycles. The van der Waals surface area contributed by atoms with Crippen LogP contribution in [0.15, 0.2) is 18.7 Å². The summed E-state index contributed by atoms with van der Waals surface area (Å²) in [6.45, 7) is 15.2. The Morgan fingerprint density at radius 2 is 1.94 bits per heavy atom. The molecule has 0 saturated carbocycles. The van der Waals surface area contributed by atoms with Crippen LogP contribution < -0.4 is 0 Å². The summed E-state index contributed by atoms with van der Waals surface area (Å²) in [5, 5.41) is 0. The van der Waals surface area contributed by atoms with Gasteiger partial charge in [0.15, 0.2) is 0 Å². The molecule has 0 spiro atoms. The molecule has 0 atom stereocenters. The Morgan fingerprint density at radius 1 is 1.28 bits per heavy atom. The van der Waals surface area contributed by atoms with Crippen molar-refractivity contribution in [2.45, 2.75) is 60.4 Å². The normalized spacial score (nSPS) is 12.3. The van der Waals surface area contributed by atoms with Crippen LogP contribution in [0.1, 0.15) is 64.4 Å². The minimum Gasteiger partial charge on any atom is -0.345 e. The van der Waals surface area contributed by atoms with Crippen LogP contribution in [-0.2, 0) is 13.0 Å². The van der Waals surface area contributed by atoms with E-state index in [2.05, 4.69) is 36.3 Å². The van der Waals surface area contributed by atoms with E-state index in [1.807, 2.05) is 33.8 Å². The zero-order valence-corrected chi connectivity index (χ0v) is 12.8. The first kappa shape index (κ1) is 16.8. The second-order valence-corrected chi connectivity index (χ2v) is 3.75. The standard InChI is InChI=1S/C13H17N.2C2H6/c1-3-5-8-13-11(4-2)10-12-7-6-9-14(12)13;2*1-2/h4-5,8,10H,2-3,6-7,9H2,1H3;2*1-2H3/b8-5-;;. The van der Waals surface area contributed by atoms with E-state index in [-0.39, 0.29) is 0 Å². The molecule has 0 bridgehead atoms. The molecule has 0 aliphatic carbocycles. The van der Waals surface area contributed by atoms with Crippen LogP contribution in [0, 0.1) is 0 Å². The highest BCUT2D eigenvalue weighted by Gasteiger charge is 2.15. The number of hydrogen-bond donors (Lipinski definition) is 0. The summed E-state index contributed by atoms with van der Waals surface area (Å²) in [7, 11) is 0. The van der Waals surface area contributed by atoms with Crippen molar-refractivity contribution in [2.75, 3.05) is 0 Å². The number of nitrogens with zero attached hydrogens (tertiary/aromatic N) is 1. The van der Waals surface area contributed by atoms with Gasteiger partial charge >= 0.3 is 0 Å². The summed E-state index contributed by atoms with van der Waals surface area (Å²) >= 11 is 0. The predicted molar refractivity (Wildman–Crippen MR) is 84.9 cm³/mol. The maximum atomic E-state index is 3.87. The SMILES string of the molecule is C=Cc1cc2n(c1/C=C\CC)CCC2.CC.CC. The topological polar surface area (TPSA) is 4.93 Å². The van der Waals surface area contributed by atoms with E-state index < -0.39 is 0 Å². The molecular weight excluding hydrogens is 218 g/mol. The van der Waals surface area contributed by atoms with E-state index in [9.17, 15) is 0 Å². The largest absolute Gasteiger partial charge is 0.345 e. The maximum Gasteiger partial charge on any atom is 0.0479 e. The molecule has 102 valence electrons. The predicted octanol–water partition coefficient (Wildman–Crippen LogP) is 5.55. The van der Waals surface area contributed by atoms with E-state index in [0.29, 0.717) is 0 Å². The summed E-state index contributed by atoms with van der Waals surface area (Å²) in [4.78, 5) is 0. The second-order valence-electron chi connectivity index (χ2n) is 3.75. The van der Waals surface area contributed by atoms with Crippen LogP contribution in [0.5, 0.6) is 0 Å². The second kappa shape index (κ2) is 9.76. The smallest absolute Gasteiger partial charge is 0.0479 e. The number of aryl methyl sites for hydroxylation is 1. The van der Waals surface area contributed by atoms with Gasteiger partial charge in [-0.15, -0.1) is 0 Å². The van der Waals surface area contributed by atoms with Gasteiger partial charge in [0, 0.05) is 17.9 Å². The minimum absolute atomic E-state index is 1.09. The Kier molecular flexibility index (Phi) is 9.08. The molecule has 1 aliphatic rings. The summed E-state index contributed by atoms with van der Waals surface area (Å²) in [5.74, 6) is 0. The Balaban J connectivity index is 0.000000659. The molecule has 1 aliphatic heterocycles. The molecular formula is C17H29N. The zero-order valence-electron chi connectivity index (χ0n) is 12.8. The van der Waals surface area contributed by atoms with Crippen LogP contribution in [0.2, 0.25) is 0 Å². The first-order valence-electron chi connectivity index (χ1n) is 7.38. The zero-order chi connectivity index (χ0) is 14.0. The van der Waals surface area contributed by atoms with Gasteiger partial charge in [0.25, 0.3) is 0 Å². The fourth-order valence-corrected chi connectivity index (χ4v) is 2.11. The van der Waals surface area contributed by atoms with Gasteiger partial charge in [-0.05, 0) is 37.0 Å². The Morgan fingerprint density at radius 3 is 2.50 bits per heavy atom. The monoisotopic (exact) mass is 247 g/mol. The fourth-order valence-electron chi connectivity index (χ4n) is 2.11. The summed E-state index contributed by atoms with van der Waals surface area (Å²) in [5.41, 5.74) is 4.09. The third-order valence-corrected chi connectivity index (χ3v) is 2.80. The average molecular weight is 247 g/mol. The van der Waals surface area contributed by atoms with Crippen molar-refractivity contribution in [2.24, 2.45) is 0 Å². The van der Waals surface area contributed by atoms with E-state index in [1.54, 1.807) is 0 Å². The molecule has 2 heterocycles. The Bertz CT molecular complexity index is 369. The number of rotatable bonds is 3. The van der Waals surface area contributed by atoms with Gasteiger partial charge in [-0.1, -0.05) is 53.3 Å². The summed E-state index contributed by atoms with van der Waals surface area (Å²) < 4.78 is 2.42. The lowest BCUT2D eigenvalue weighted by Gasteiger charge is -2.02. The van der Waals surface area contributed by atoms with Crippen molar-refractivity contribution in [3.63, 3.8) is 0 Å². The quantitative estimate of drug-likeness (QED) is 0.659. The molecule has 0 saturated heterocycles. The van der Waals surface area contributed by atoms with Crippen LogP contribution in [-0.4, -0.2) is 4.57 Å². The minimum atomic E-state index is 1.09. The molecule has 18 heavy (non-hydrogen) atoms. The maximum absolute atomic E-state index is 3.87. The number of aromatic nitrogens is 1. The van der Waals surface area contributed by atoms with Gasteiger partial charge in [-0.2, -0.15) is 0 Å². The number of hydrogen-bond acceptors (Lipinski definition) is 0. The lowest BCUT2D eigenvalue weighted by Crippen LogP contribution is -1.95. The Hall–Kier alpha value is -1.24. The first-order valence-corrected chi connectivity index (χ1v) is 7.38. The molecule has 1 nitrogen and oxygen atoms in total. The van der Waals surface area contributed by atoms with E-state index in [1.165, 1.54) is 36.3 Å². The van der Waals surface area contributed by atoms with Crippen molar-refractivity contribution >= 4 is 12.2 Å². The van der Waals surface area contributed by atoms with Crippen molar-refractivity contribution in [1.82, 2.24) is 4.57 Å². The van der Waals surface area contributed by atoms with Crippen LogP contribution in [0.3, 0.4) is 0 Å². The van der Waals surface area contributed by atoms with Crippen molar-refractivity contribution in [1.29, 1.82) is 0 Å². The van der Waals surface area contributed by atoms with E-state index in [4.69, 9.17) is 0 Å². The highest BCUT2D eigenvalue weighted by atomic mass is 15.0. The van der Waals surface area contributed by atoms with Gasteiger partial charge in [0.2, 0.25) is 0 Å². The molecule has 0 unspecified atom stereocenters. The molecule has 0 amide bonds. The van der Waals surface area contributed by atoms with Gasteiger partial charge in [-0.3, -0.25) is 0 Å². The van der Waals surface area contributed by atoms with Crippen LogP contribution >= 0.6 is 0 Å². The molecule has 0 radical (unpaired) electrons. The molecule has 0 fully saturated rings. The third-order valence-electron chi connectivity index (χ3n) is 2.80. The van der Waals surface area contributed by atoms with Crippen molar-refractivity contribution < 1.29 is 0 Å². The molecule has 1 heteroatoms. The lowest BCUT2D eigenvalue weighted by molar-refractivity contribution is 0.743. The third kappa shape index (κ3) is 3.90. The molecule has 0 N–H and O–H groups in total. The summed E-state index contributed by atoms with van der Waals surface area (Å²) in [6, 6.07) is 2.27. The first-order chi connectivity index (χ1) is 8.86. The van der Waals surface area contributed by atoms with Gasteiger partial charge in [-0.25, -0.2) is 0 Å². The van der Waals surface area contributed by atoms with Crippen LogP contribution in [0.4, 0.5) is 0 Å². The van der Waals surface area contributed by atoms with Gasteiger partial charge in [0.05, 0.1) is 0 Å². The van der Waals surface area contributed by atoms with Gasteiger partial charge in [0.1, 0.15) is 0 Å². The Labute approximate surface area is 113 Å². The highest BCUT2D eigenvalue weighted by Crippen LogP contribution is 2.25. The average Bonchev–Trinajstić information content (AvgIpc) is 3.01. The molecule has 0 aromatic carbocycles. The lowest BCUT2D eigenvalue weighted by atomic mass is 10.2.